The molecule has 0 radical (unpaired) electrons. The van der Waals surface area contributed by atoms with E-state index in [1.807, 2.05) is 98.3 Å². The van der Waals surface area contributed by atoms with Crippen molar-refractivity contribution in [1.29, 1.82) is 0 Å². The van der Waals surface area contributed by atoms with Crippen molar-refractivity contribution < 1.29 is 46.9 Å². The molecule has 0 spiro atoms. The van der Waals surface area contributed by atoms with Crippen LogP contribution in [0.15, 0.2) is 84.9 Å². The fraction of sp³-hybridized carbons (Fsp3) is 0.500. The monoisotopic (exact) mass is 1240 g/mol. The molecular weight excluding hydrogens is 1160 g/mol. The molecule has 4 aromatic carbocycles. The summed E-state index contributed by atoms with van der Waals surface area (Å²) in [6, 6.07) is 24.9. The Bertz CT molecular complexity index is 2880. The molecule has 4 amide bonds. The highest BCUT2D eigenvalue weighted by Crippen LogP contribution is 2.35. The molecule has 6 aliphatic rings. The highest BCUT2D eigenvalue weighted by Gasteiger charge is 2.36. The predicted octanol–water partition coefficient (Wildman–Crippen LogP) is 8.06. The zero-order valence-electron chi connectivity index (χ0n) is 48.6. The van der Waals surface area contributed by atoms with Crippen molar-refractivity contribution in [3.8, 4) is 11.5 Å². The van der Waals surface area contributed by atoms with Crippen LogP contribution in [0.25, 0.3) is 0 Å². The Labute approximate surface area is 513 Å². The largest absolute Gasteiger partial charge is 0.484 e. The minimum atomic E-state index is -0.522. The number of hydrogen-bond donors (Lipinski definition) is 2. The maximum atomic E-state index is 15.2. The fourth-order valence-corrected chi connectivity index (χ4v) is 11.5. The summed E-state index contributed by atoms with van der Waals surface area (Å²) in [5.41, 5.74) is 9.70. The van der Waals surface area contributed by atoms with Crippen LogP contribution < -0.4 is 40.1 Å². The van der Waals surface area contributed by atoms with Crippen LogP contribution in [-0.4, -0.2) is 191 Å². The Kier molecular flexibility index (Phi) is 24.4. The van der Waals surface area contributed by atoms with Gasteiger partial charge in [0.05, 0.1) is 51.6 Å². The second-order valence-electron chi connectivity index (χ2n) is 21.9. The van der Waals surface area contributed by atoms with Gasteiger partial charge in [-0.15, -0.1) is 24.2 Å². The van der Waals surface area contributed by atoms with Crippen LogP contribution in [0.4, 0.5) is 41.1 Å². The third-order valence-corrected chi connectivity index (χ3v) is 16.7. The van der Waals surface area contributed by atoms with E-state index in [1.165, 1.54) is 50.1 Å². The van der Waals surface area contributed by atoms with Crippen LogP contribution in [-0.2, 0) is 32.2 Å². The number of carbonyl (C=O) groups excluding carboxylic acids is 4. The lowest BCUT2D eigenvalue weighted by Crippen LogP contribution is -2.50. The van der Waals surface area contributed by atoms with Crippen LogP contribution in [0.5, 0.6) is 11.5 Å². The van der Waals surface area contributed by atoms with Gasteiger partial charge in [0.15, 0.2) is 13.2 Å². The van der Waals surface area contributed by atoms with Gasteiger partial charge < -0.3 is 59.4 Å². The molecule has 24 heteroatoms. The second-order valence-corrected chi connectivity index (χ2v) is 24.3. The van der Waals surface area contributed by atoms with Crippen LogP contribution in [0.2, 0.25) is 0 Å². The summed E-state index contributed by atoms with van der Waals surface area (Å²) in [4.78, 5) is 64.9. The number of ether oxygens (including phenoxy) is 4. The van der Waals surface area contributed by atoms with E-state index in [0.717, 1.165) is 42.6 Å². The first-order chi connectivity index (χ1) is 39.9. The Morgan fingerprint density at radius 3 is 1.43 bits per heavy atom. The van der Waals surface area contributed by atoms with Gasteiger partial charge in [0.1, 0.15) is 35.3 Å². The van der Waals surface area contributed by atoms with Crippen molar-refractivity contribution in [3.63, 3.8) is 0 Å². The third-order valence-electron chi connectivity index (χ3n) is 14.7. The molecule has 84 heavy (non-hydrogen) atoms. The van der Waals surface area contributed by atoms with Gasteiger partial charge in [0.2, 0.25) is 0 Å². The van der Waals surface area contributed by atoms with Gasteiger partial charge in [-0.05, 0) is 131 Å². The van der Waals surface area contributed by atoms with E-state index in [-0.39, 0.29) is 56.2 Å². The van der Waals surface area contributed by atoms with Crippen molar-refractivity contribution in [2.24, 2.45) is 17.6 Å². The number of thioether (sulfide) groups is 1. The summed E-state index contributed by atoms with van der Waals surface area (Å²) in [6.07, 6.45) is 3.19. The normalized spacial score (nSPS) is 18.5. The highest BCUT2D eigenvalue weighted by molar-refractivity contribution is 8.23. The molecule has 2 aliphatic carbocycles. The number of cyclic esters (lactones) is 2. The SMILES string of the molecule is CCSC(=S)C1CC1.CN(C)Cc1ccc(OCC(=O)N2CCN(c3ccc(N4C[C@H](CN)OC4=O)cc3F)CC2)cc1.CN(C)Cc1ccc(OCC(=O)N2CCN(c3ccc(N4C[C@H](CNC(=S)C5CC5)OC4=O)cc3F)CC2)cc1.Cl. The molecule has 2 saturated carbocycles. The molecule has 0 bridgehead atoms. The molecule has 0 aromatic heterocycles. The maximum Gasteiger partial charge on any atom is 0.414 e. The Morgan fingerprint density at radius 2 is 1.06 bits per heavy atom. The van der Waals surface area contributed by atoms with E-state index in [4.69, 9.17) is 49.1 Å². The molecule has 4 saturated heterocycles. The summed E-state index contributed by atoms with van der Waals surface area (Å²) in [7, 11) is 8.05. The third kappa shape index (κ3) is 19.0. The summed E-state index contributed by atoms with van der Waals surface area (Å²) in [5.74, 6) is 2.69. The fourth-order valence-electron chi connectivity index (χ4n) is 9.80. The number of piperazine rings is 2. The van der Waals surface area contributed by atoms with E-state index in [2.05, 4.69) is 22.0 Å². The number of carbonyl (C=O) groups is 4. The van der Waals surface area contributed by atoms with Crippen molar-refractivity contribution in [2.45, 2.75) is 57.9 Å². The van der Waals surface area contributed by atoms with Crippen LogP contribution in [0.3, 0.4) is 0 Å². The maximum absolute atomic E-state index is 15.2. The minimum absolute atomic E-state index is 0. The molecule has 456 valence electrons. The van der Waals surface area contributed by atoms with E-state index in [9.17, 15) is 23.6 Å². The molecule has 6 fully saturated rings. The number of nitrogens with two attached hydrogens (primary N) is 1. The molecule has 3 N–H and O–H groups in total. The van der Waals surface area contributed by atoms with E-state index in [1.54, 1.807) is 34.1 Å². The van der Waals surface area contributed by atoms with Crippen LogP contribution in [0, 0.1) is 23.5 Å². The second kappa shape index (κ2) is 31.4. The average Bonchev–Trinajstić information content (AvgIpc) is 4.51. The topological polar surface area (TPSA) is 169 Å². The quantitative estimate of drug-likeness (QED) is 0.0815. The smallest absolute Gasteiger partial charge is 0.414 e. The van der Waals surface area contributed by atoms with Crippen molar-refractivity contribution in [1.82, 2.24) is 24.9 Å². The number of halogens is 3. The molecule has 4 heterocycles. The first kappa shape index (κ1) is 65.5. The van der Waals surface area contributed by atoms with Crippen LogP contribution in [0.1, 0.15) is 43.7 Å². The lowest BCUT2D eigenvalue weighted by molar-refractivity contribution is -0.134. The van der Waals surface area contributed by atoms with Crippen molar-refractivity contribution >= 4 is 105 Å². The molecule has 2 atom stereocenters. The Hall–Kier alpha value is -6.08. The number of benzene rings is 4. The lowest BCUT2D eigenvalue weighted by Gasteiger charge is -2.36. The van der Waals surface area contributed by atoms with Gasteiger partial charge in [-0.3, -0.25) is 19.4 Å². The van der Waals surface area contributed by atoms with Gasteiger partial charge in [0.25, 0.3) is 11.8 Å². The molecule has 18 nitrogen and oxygen atoms in total. The van der Waals surface area contributed by atoms with Crippen molar-refractivity contribution in [2.75, 3.05) is 145 Å². The summed E-state index contributed by atoms with van der Waals surface area (Å²) in [6.45, 7) is 8.97. The molecule has 4 aliphatic heterocycles. The number of rotatable bonds is 20. The molecule has 10 rings (SSSR count). The zero-order chi connectivity index (χ0) is 59.2. The molecule has 0 unspecified atom stereocenters. The van der Waals surface area contributed by atoms with E-state index >= 15 is 4.39 Å². The Balaban J connectivity index is 0.000000212. The first-order valence-electron chi connectivity index (χ1n) is 28.4. The van der Waals surface area contributed by atoms with Gasteiger partial charge >= 0.3 is 12.2 Å². The van der Waals surface area contributed by atoms with E-state index < -0.39 is 23.8 Å². The number of amides is 4. The van der Waals surface area contributed by atoms with Crippen molar-refractivity contribution in [3.05, 3.63) is 108 Å². The number of nitrogens with one attached hydrogen (secondary N) is 1. The number of nitrogens with zero attached hydrogens (tertiary/aromatic N) is 8. The van der Waals surface area contributed by atoms with Gasteiger partial charge in [-0.25, -0.2) is 18.4 Å². The number of hydrogen-bond acceptors (Lipinski definition) is 16. The molecule has 4 aromatic rings. The minimum Gasteiger partial charge on any atom is -0.484 e. The van der Waals surface area contributed by atoms with E-state index in [0.29, 0.717) is 112 Å². The Morgan fingerprint density at radius 1 is 0.643 bits per heavy atom. The lowest BCUT2D eigenvalue weighted by atomic mass is 10.2. The number of anilines is 4. The summed E-state index contributed by atoms with van der Waals surface area (Å²) in [5, 5.41) is 3.19. The van der Waals surface area contributed by atoms with Gasteiger partial charge in [0, 0.05) is 83.8 Å². The number of thiocarbonyl (C=S) groups is 2. The standard InChI is InChI=1S/C29H36FN5O4S.C25H32FN5O4.C6H10S2.ClH/c1-32(2)17-20-3-8-23(9-4-20)38-19-27(36)34-13-11-33(12-14-34)26-10-7-22(15-25(26)30)35-18-24(39-29(35)37)16-31-28(40)21-5-6-21;1-28(2)15-18-3-6-20(7-4-18)34-17-24(32)30-11-9-29(10-12-30)23-8-5-19(13-22(23)26)31-16-21(14-27)35-25(31)33;1-2-8-6(7)5-3-4-5;/h3-4,7-10,15,21,24H,5-6,11-14,16-19H2,1-2H3,(H,31,40);3-8,13,21H,9-12,14-17,27H2,1-2H3;5H,2-4H2,1H3;1H/t24-;21-;;/m00../s1. The first-order valence-corrected chi connectivity index (χ1v) is 30.2. The average molecular weight is 1240 g/mol. The molecular formula is C60H79ClF2N10O8S3. The summed E-state index contributed by atoms with van der Waals surface area (Å²) < 4.78 is 53.3. The van der Waals surface area contributed by atoms with Gasteiger partial charge in [-0.2, -0.15) is 0 Å². The summed E-state index contributed by atoms with van der Waals surface area (Å²) >= 11 is 12.3. The van der Waals surface area contributed by atoms with Crippen LogP contribution >= 0.6 is 48.6 Å². The predicted molar refractivity (Wildman–Crippen MR) is 337 cm³/mol. The van der Waals surface area contributed by atoms with Gasteiger partial charge in [-0.1, -0.05) is 55.6 Å². The highest BCUT2D eigenvalue weighted by atomic mass is 35.5. The zero-order valence-corrected chi connectivity index (χ0v) is 51.8.